The maximum Gasteiger partial charge on any atom is 0.228 e. The Morgan fingerprint density at radius 2 is 1.91 bits per heavy atom. The highest BCUT2D eigenvalue weighted by atomic mass is 35.5. The van der Waals surface area contributed by atoms with Gasteiger partial charge in [0.05, 0.1) is 16.9 Å². The minimum atomic E-state index is -0.126. The van der Waals surface area contributed by atoms with Crippen LogP contribution in [0.1, 0.15) is 30.9 Å². The summed E-state index contributed by atoms with van der Waals surface area (Å²) in [4.78, 5) is 22.9. The van der Waals surface area contributed by atoms with E-state index < -0.39 is 0 Å². The summed E-state index contributed by atoms with van der Waals surface area (Å²) in [7, 11) is 0. The molecule has 2 N–H and O–H groups in total. The van der Waals surface area contributed by atoms with E-state index in [0.717, 1.165) is 59.8 Å². The zero-order valence-corrected chi connectivity index (χ0v) is 20.4. The van der Waals surface area contributed by atoms with Gasteiger partial charge in [-0.05, 0) is 60.2 Å². The number of imidazole rings is 1. The predicted octanol–water partition coefficient (Wildman–Crippen LogP) is 6.83. The van der Waals surface area contributed by atoms with Crippen molar-refractivity contribution in [3.05, 3.63) is 89.1 Å². The minimum absolute atomic E-state index is 0.126. The molecule has 0 bridgehead atoms. The Kier molecular flexibility index (Phi) is 5.37. The van der Waals surface area contributed by atoms with Crippen molar-refractivity contribution in [1.82, 2.24) is 14.9 Å². The second-order valence-electron chi connectivity index (χ2n) is 9.81. The smallest absolute Gasteiger partial charge is 0.228 e. The molecule has 1 saturated carbocycles. The van der Waals surface area contributed by atoms with Crippen LogP contribution >= 0.6 is 11.6 Å². The number of hydrogen-bond donors (Lipinski definition) is 2. The molecule has 2 heterocycles. The van der Waals surface area contributed by atoms with Gasteiger partial charge >= 0.3 is 0 Å². The Morgan fingerprint density at radius 3 is 2.71 bits per heavy atom. The molecule has 1 aliphatic carbocycles. The molecule has 176 valence electrons. The molecule has 2 aliphatic rings. The molecule has 0 unspecified atom stereocenters. The van der Waals surface area contributed by atoms with Gasteiger partial charge in [0.1, 0.15) is 5.82 Å². The third-order valence-corrected chi connectivity index (χ3v) is 7.56. The second-order valence-corrected chi connectivity index (χ2v) is 10.2. The minimum Gasteiger partial charge on any atom is -0.355 e. The molecule has 5 nitrogen and oxygen atoms in total. The lowest BCUT2D eigenvalue weighted by Gasteiger charge is -2.32. The number of halogens is 1. The normalized spacial score (nSPS) is 16.0. The topological polar surface area (TPSA) is 61.0 Å². The van der Waals surface area contributed by atoms with Crippen LogP contribution in [0.5, 0.6) is 0 Å². The maximum absolute atomic E-state index is 12.9. The van der Waals surface area contributed by atoms with Gasteiger partial charge in [-0.1, -0.05) is 61.0 Å². The van der Waals surface area contributed by atoms with Crippen molar-refractivity contribution in [3.63, 3.8) is 0 Å². The first-order valence-corrected chi connectivity index (χ1v) is 12.5. The fourth-order valence-electron chi connectivity index (χ4n) is 4.85. The van der Waals surface area contributed by atoms with Gasteiger partial charge in [-0.15, -0.1) is 0 Å². The average Bonchev–Trinajstić information content (AvgIpc) is 3.45. The van der Waals surface area contributed by atoms with E-state index in [-0.39, 0.29) is 5.41 Å². The second kappa shape index (κ2) is 8.58. The van der Waals surface area contributed by atoms with E-state index in [9.17, 15) is 4.79 Å². The Morgan fingerprint density at radius 1 is 1.09 bits per heavy atom. The molecule has 0 saturated heterocycles. The van der Waals surface area contributed by atoms with Crippen molar-refractivity contribution < 1.29 is 4.79 Å². The number of carbonyl (C=O) groups is 1. The zero-order valence-electron chi connectivity index (χ0n) is 19.6. The highest BCUT2D eigenvalue weighted by Crippen LogP contribution is 2.47. The van der Waals surface area contributed by atoms with Gasteiger partial charge in [0.15, 0.2) is 0 Å². The number of amides is 1. The monoisotopic (exact) mass is 482 g/mol. The molecule has 6 heteroatoms. The van der Waals surface area contributed by atoms with E-state index in [1.54, 1.807) is 0 Å². The third-order valence-electron chi connectivity index (χ3n) is 7.23. The molecule has 6 rings (SSSR count). The summed E-state index contributed by atoms with van der Waals surface area (Å²) >= 11 is 6.57. The van der Waals surface area contributed by atoms with Gasteiger partial charge in [-0.3, -0.25) is 4.79 Å². The molecule has 1 amide bonds. The van der Waals surface area contributed by atoms with Gasteiger partial charge in [-0.2, -0.15) is 0 Å². The standard InChI is InChI=1S/C29H27ClN4O/c1-29(13-14-29)28(35)34-15-12-22-20(18-34)8-5-9-25(22)32-21-10-11-24(30)23(16-21)27-31-17-26(33-27)19-6-3-2-4-7-19/h2-11,16-17,32H,12-15,18H2,1H3,(H,31,33). The number of fused-ring (bicyclic) bond motifs is 1. The van der Waals surface area contributed by atoms with Crippen LogP contribution < -0.4 is 5.32 Å². The fourth-order valence-corrected chi connectivity index (χ4v) is 5.05. The highest BCUT2D eigenvalue weighted by molar-refractivity contribution is 6.33. The first kappa shape index (κ1) is 21.9. The Bertz CT molecular complexity index is 1410. The quantitative estimate of drug-likeness (QED) is 0.328. The molecule has 4 aromatic rings. The first-order chi connectivity index (χ1) is 17.0. The molecule has 0 radical (unpaired) electrons. The van der Waals surface area contributed by atoms with Crippen molar-refractivity contribution in [1.29, 1.82) is 0 Å². The van der Waals surface area contributed by atoms with Crippen LogP contribution in [0.25, 0.3) is 22.6 Å². The third kappa shape index (κ3) is 4.21. The van der Waals surface area contributed by atoms with Crippen molar-refractivity contribution in [2.75, 3.05) is 11.9 Å². The summed E-state index contributed by atoms with van der Waals surface area (Å²) in [6.07, 6.45) is 4.71. The molecule has 1 aliphatic heterocycles. The van der Waals surface area contributed by atoms with Crippen molar-refractivity contribution in [2.24, 2.45) is 5.41 Å². The van der Waals surface area contributed by atoms with E-state index in [0.29, 0.717) is 17.5 Å². The van der Waals surface area contributed by atoms with Crippen molar-refractivity contribution >= 4 is 28.9 Å². The molecule has 35 heavy (non-hydrogen) atoms. The molecule has 0 atom stereocenters. The Hall–Kier alpha value is -3.57. The number of H-pyrrole nitrogens is 1. The van der Waals surface area contributed by atoms with Gasteiger partial charge in [-0.25, -0.2) is 4.98 Å². The summed E-state index contributed by atoms with van der Waals surface area (Å²) in [5.41, 5.74) is 7.26. The first-order valence-electron chi connectivity index (χ1n) is 12.1. The van der Waals surface area contributed by atoms with Crippen molar-refractivity contribution in [3.8, 4) is 22.6 Å². The largest absolute Gasteiger partial charge is 0.355 e. The number of rotatable bonds is 5. The van der Waals surface area contributed by atoms with E-state index in [1.807, 2.05) is 47.5 Å². The molecular weight excluding hydrogens is 456 g/mol. The molecule has 0 spiro atoms. The van der Waals surface area contributed by atoms with Gasteiger partial charge in [0, 0.05) is 35.4 Å². The lowest BCUT2D eigenvalue weighted by Crippen LogP contribution is -2.40. The van der Waals surface area contributed by atoms with Crippen LogP contribution in [0, 0.1) is 5.41 Å². The van der Waals surface area contributed by atoms with Gasteiger partial charge < -0.3 is 15.2 Å². The molecule has 1 fully saturated rings. The lowest BCUT2D eigenvalue weighted by atomic mass is 9.96. The summed E-state index contributed by atoms with van der Waals surface area (Å²) in [6.45, 7) is 3.53. The maximum atomic E-state index is 12.9. The van der Waals surface area contributed by atoms with Gasteiger partial charge in [0.2, 0.25) is 5.91 Å². The van der Waals surface area contributed by atoms with E-state index in [2.05, 4.69) is 52.5 Å². The van der Waals surface area contributed by atoms with Gasteiger partial charge in [0.25, 0.3) is 0 Å². The Balaban J connectivity index is 1.25. The molecule has 1 aromatic heterocycles. The molecular formula is C29H27ClN4O. The number of hydrogen-bond acceptors (Lipinski definition) is 3. The summed E-state index contributed by atoms with van der Waals surface area (Å²) < 4.78 is 0. The summed E-state index contributed by atoms with van der Waals surface area (Å²) in [6, 6.07) is 22.3. The van der Waals surface area contributed by atoms with E-state index >= 15 is 0 Å². The van der Waals surface area contributed by atoms with E-state index in [4.69, 9.17) is 11.6 Å². The predicted molar refractivity (Wildman–Crippen MR) is 141 cm³/mol. The number of nitrogens with one attached hydrogen (secondary N) is 2. The summed E-state index contributed by atoms with van der Waals surface area (Å²) in [5, 5.41) is 4.23. The van der Waals surface area contributed by atoms with Crippen LogP contribution in [0.3, 0.4) is 0 Å². The number of aromatic amines is 1. The zero-order chi connectivity index (χ0) is 24.0. The highest BCUT2D eigenvalue weighted by Gasteiger charge is 2.47. The van der Waals surface area contributed by atoms with Crippen LogP contribution in [0.4, 0.5) is 11.4 Å². The number of carbonyl (C=O) groups excluding carboxylic acids is 1. The number of anilines is 2. The van der Waals surface area contributed by atoms with Crippen LogP contribution in [-0.2, 0) is 17.8 Å². The summed E-state index contributed by atoms with van der Waals surface area (Å²) in [5.74, 6) is 1.03. The fraction of sp³-hybridized carbons (Fsp3) is 0.241. The Labute approximate surface area is 210 Å². The van der Waals surface area contributed by atoms with E-state index in [1.165, 1.54) is 11.1 Å². The average molecular weight is 483 g/mol. The number of aromatic nitrogens is 2. The van der Waals surface area contributed by atoms with Crippen LogP contribution in [0.15, 0.2) is 72.9 Å². The van der Waals surface area contributed by atoms with Crippen molar-refractivity contribution in [2.45, 2.75) is 32.7 Å². The number of nitrogens with zero attached hydrogens (tertiary/aromatic N) is 2. The molecule has 3 aromatic carbocycles. The van der Waals surface area contributed by atoms with Crippen LogP contribution in [-0.4, -0.2) is 27.3 Å². The number of benzene rings is 3. The lowest BCUT2D eigenvalue weighted by molar-refractivity contribution is -0.137. The SMILES string of the molecule is CC1(C(=O)N2CCc3c(cccc3Nc3ccc(Cl)c(-c4ncc(-c5ccccc5)[nH]4)c3)C2)CC1. The van der Waals surface area contributed by atoms with Crippen LogP contribution in [0.2, 0.25) is 5.02 Å².